The first-order chi connectivity index (χ1) is 13.0. The van der Waals surface area contributed by atoms with Gasteiger partial charge in [-0.1, -0.05) is 23.4 Å². The number of halogens is 1. The molecule has 2 unspecified atom stereocenters. The molecule has 8 nitrogen and oxygen atoms in total. The maximum atomic E-state index is 13.1. The number of hydrogen-bond acceptors (Lipinski definition) is 6. The molecule has 0 radical (unpaired) electrons. The van der Waals surface area contributed by atoms with Crippen LogP contribution in [-0.2, 0) is 14.4 Å². The SMILES string of the molecule is O=C(CN1N=NC2C(=O)N(c3ccc(F)cc3)C(=O)C21)Nc1ccccc1. The second kappa shape index (κ2) is 6.60. The van der Waals surface area contributed by atoms with Crippen molar-refractivity contribution in [1.29, 1.82) is 0 Å². The van der Waals surface area contributed by atoms with Crippen LogP contribution in [0.5, 0.6) is 0 Å². The van der Waals surface area contributed by atoms with E-state index in [1.165, 1.54) is 17.1 Å². The fourth-order valence-electron chi connectivity index (χ4n) is 3.07. The summed E-state index contributed by atoms with van der Waals surface area (Å²) in [6.07, 6.45) is 0. The Labute approximate surface area is 153 Å². The normalized spacial score (nSPS) is 20.9. The van der Waals surface area contributed by atoms with E-state index in [2.05, 4.69) is 15.7 Å². The lowest BCUT2D eigenvalue weighted by molar-refractivity contribution is -0.123. The Balaban J connectivity index is 1.49. The van der Waals surface area contributed by atoms with E-state index in [4.69, 9.17) is 0 Å². The minimum atomic E-state index is -1.01. The van der Waals surface area contributed by atoms with Gasteiger partial charge in [0, 0.05) is 5.69 Å². The fourth-order valence-corrected chi connectivity index (χ4v) is 3.07. The second-order valence-corrected chi connectivity index (χ2v) is 6.09. The standard InChI is InChI=1S/C18H14FN5O3/c19-11-6-8-13(9-7-11)24-17(26)15-16(18(24)27)23(22-21-15)10-14(25)20-12-4-2-1-3-5-12/h1-9,15-16H,10H2,(H,20,25). The zero-order valence-electron chi connectivity index (χ0n) is 13.9. The zero-order valence-corrected chi connectivity index (χ0v) is 13.9. The van der Waals surface area contributed by atoms with Crippen molar-refractivity contribution in [1.82, 2.24) is 5.01 Å². The van der Waals surface area contributed by atoms with Gasteiger partial charge in [0.2, 0.25) is 5.91 Å². The first kappa shape index (κ1) is 16.8. The molecule has 2 aromatic rings. The van der Waals surface area contributed by atoms with Crippen molar-refractivity contribution in [2.24, 2.45) is 10.3 Å². The number of carbonyl (C=O) groups is 3. The molecular formula is C18H14FN5O3. The van der Waals surface area contributed by atoms with Crippen molar-refractivity contribution in [3.8, 4) is 0 Å². The largest absolute Gasteiger partial charge is 0.324 e. The number of nitrogens with zero attached hydrogens (tertiary/aromatic N) is 4. The number of fused-ring (bicyclic) bond motifs is 1. The van der Waals surface area contributed by atoms with Crippen LogP contribution in [0.2, 0.25) is 0 Å². The predicted octanol–water partition coefficient (Wildman–Crippen LogP) is 1.76. The van der Waals surface area contributed by atoms with E-state index in [0.717, 1.165) is 17.0 Å². The van der Waals surface area contributed by atoms with Crippen LogP contribution < -0.4 is 10.2 Å². The van der Waals surface area contributed by atoms with Gasteiger partial charge in [-0.25, -0.2) is 9.29 Å². The number of para-hydroxylation sites is 1. The molecule has 1 saturated heterocycles. The second-order valence-electron chi connectivity index (χ2n) is 6.09. The molecule has 0 aromatic heterocycles. The van der Waals surface area contributed by atoms with Crippen LogP contribution in [0.1, 0.15) is 0 Å². The Morgan fingerprint density at radius 3 is 2.44 bits per heavy atom. The third-order valence-corrected chi connectivity index (χ3v) is 4.31. The van der Waals surface area contributed by atoms with Crippen molar-refractivity contribution in [2.45, 2.75) is 12.1 Å². The number of anilines is 2. The highest BCUT2D eigenvalue weighted by atomic mass is 19.1. The molecule has 0 bridgehead atoms. The van der Waals surface area contributed by atoms with Gasteiger partial charge in [-0.3, -0.25) is 19.4 Å². The van der Waals surface area contributed by atoms with Crippen LogP contribution in [0, 0.1) is 5.82 Å². The van der Waals surface area contributed by atoms with Crippen molar-refractivity contribution in [3.05, 3.63) is 60.4 Å². The van der Waals surface area contributed by atoms with Gasteiger partial charge in [-0.15, -0.1) is 0 Å². The molecule has 2 aromatic carbocycles. The third-order valence-electron chi connectivity index (χ3n) is 4.31. The summed E-state index contributed by atoms with van der Waals surface area (Å²) in [5, 5.41) is 11.6. The van der Waals surface area contributed by atoms with Gasteiger partial charge in [-0.2, -0.15) is 5.11 Å². The molecule has 2 atom stereocenters. The Morgan fingerprint density at radius 1 is 1.04 bits per heavy atom. The van der Waals surface area contributed by atoms with E-state index < -0.39 is 29.7 Å². The average Bonchev–Trinajstić information content (AvgIpc) is 3.17. The molecule has 3 amide bonds. The predicted molar refractivity (Wildman–Crippen MR) is 93.1 cm³/mol. The molecule has 2 heterocycles. The Hall–Kier alpha value is -3.62. The van der Waals surface area contributed by atoms with Crippen LogP contribution in [0.4, 0.5) is 15.8 Å². The van der Waals surface area contributed by atoms with Gasteiger partial charge in [0.1, 0.15) is 12.4 Å². The Bertz CT molecular complexity index is 932. The molecule has 2 aliphatic heterocycles. The van der Waals surface area contributed by atoms with E-state index in [0.29, 0.717) is 5.69 Å². The lowest BCUT2D eigenvalue weighted by Crippen LogP contribution is -2.43. The van der Waals surface area contributed by atoms with E-state index in [1.54, 1.807) is 24.3 Å². The number of carbonyl (C=O) groups excluding carboxylic acids is 3. The highest BCUT2D eigenvalue weighted by Crippen LogP contribution is 2.31. The number of rotatable bonds is 4. The lowest BCUT2D eigenvalue weighted by atomic mass is 10.1. The highest BCUT2D eigenvalue weighted by molar-refractivity contribution is 6.25. The first-order valence-corrected chi connectivity index (χ1v) is 8.20. The summed E-state index contributed by atoms with van der Waals surface area (Å²) in [7, 11) is 0. The minimum Gasteiger partial charge on any atom is -0.324 e. The Kier molecular flexibility index (Phi) is 4.11. The number of imide groups is 1. The number of benzene rings is 2. The summed E-state index contributed by atoms with van der Waals surface area (Å²) in [6, 6.07) is 11.9. The van der Waals surface area contributed by atoms with E-state index in [9.17, 15) is 18.8 Å². The molecule has 9 heteroatoms. The van der Waals surface area contributed by atoms with Gasteiger partial charge in [0.15, 0.2) is 12.1 Å². The van der Waals surface area contributed by atoms with Crippen molar-refractivity contribution in [2.75, 3.05) is 16.8 Å². The van der Waals surface area contributed by atoms with E-state index >= 15 is 0 Å². The maximum absolute atomic E-state index is 13.1. The van der Waals surface area contributed by atoms with Gasteiger partial charge >= 0.3 is 0 Å². The molecule has 0 aliphatic carbocycles. The summed E-state index contributed by atoms with van der Waals surface area (Å²) in [5.74, 6) is -1.96. The monoisotopic (exact) mass is 367 g/mol. The van der Waals surface area contributed by atoms with E-state index in [-0.39, 0.29) is 18.1 Å². The molecular weight excluding hydrogens is 353 g/mol. The number of nitrogens with one attached hydrogen (secondary N) is 1. The van der Waals surface area contributed by atoms with Gasteiger partial charge < -0.3 is 5.32 Å². The summed E-state index contributed by atoms with van der Waals surface area (Å²) < 4.78 is 13.1. The van der Waals surface area contributed by atoms with Crippen molar-refractivity contribution < 1.29 is 18.8 Å². The maximum Gasteiger partial charge on any atom is 0.263 e. The molecule has 136 valence electrons. The van der Waals surface area contributed by atoms with Crippen molar-refractivity contribution in [3.63, 3.8) is 0 Å². The average molecular weight is 367 g/mol. The molecule has 0 saturated carbocycles. The van der Waals surface area contributed by atoms with Crippen LogP contribution >= 0.6 is 0 Å². The van der Waals surface area contributed by atoms with Gasteiger partial charge in [-0.05, 0) is 36.4 Å². The summed E-state index contributed by atoms with van der Waals surface area (Å²) in [6.45, 7) is -0.226. The zero-order chi connectivity index (χ0) is 19.0. The highest BCUT2D eigenvalue weighted by Gasteiger charge is 2.55. The molecule has 1 N–H and O–H groups in total. The van der Waals surface area contributed by atoms with Crippen LogP contribution in [0.15, 0.2) is 64.9 Å². The smallest absolute Gasteiger partial charge is 0.263 e. The van der Waals surface area contributed by atoms with Gasteiger partial charge in [0.05, 0.1) is 5.69 Å². The number of hydrogen-bond donors (Lipinski definition) is 1. The summed E-state index contributed by atoms with van der Waals surface area (Å²) >= 11 is 0. The van der Waals surface area contributed by atoms with Crippen LogP contribution in [-0.4, -0.2) is 41.4 Å². The lowest BCUT2D eigenvalue weighted by Gasteiger charge is -2.20. The van der Waals surface area contributed by atoms with Crippen molar-refractivity contribution >= 4 is 29.1 Å². The first-order valence-electron chi connectivity index (χ1n) is 8.20. The molecule has 4 rings (SSSR count). The van der Waals surface area contributed by atoms with Crippen LogP contribution in [0.25, 0.3) is 0 Å². The number of amides is 3. The quantitative estimate of drug-likeness (QED) is 0.833. The Morgan fingerprint density at radius 2 is 1.74 bits per heavy atom. The third kappa shape index (κ3) is 3.03. The topological polar surface area (TPSA) is 94.4 Å². The van der Waals surface area contributed by atoms with Crippen LogP contribution in [0.3, 0.4) is 0 Å². The van der Waals surface area contributed by atoms with E-state index in [1.807, 2.05) is 6.07 Å². The molecule has 2 aliphatic rings. The molecule has 0 spiro atoms. The molecule has 1 fully saturated rings. The minimum absolute atomic E-state index is 0.226. The fraction of sp³-hybridized carbons (Fsp3) is 0.167. The van der Waals surface area contributed by atoms with Gasteiger partial charge in [0.25, 0.3) is 11.8 Å². The summed E-state index contributed by atoms with van der Waals surface area (Å²) in [5.41, 5.74) is 0.863. The summed E-state index contributed by atoms with van der Waals surface area (Å²) in [4.78, 5) is 38.5. The molecule has 27 heavy (non-hydrogen) atoms.